The molecule has 1 heterocycles. The van der Waals surface area contributed by atoms with Gasteiger partial charge in [0.2, 0.25) is 0 Å². The smallest absolute Gasteiger partial charge is 0.269 e. The van der Waals surface area contributed by atoms with Crippen LogP contribution >= 0.6 is 0 Å². The average Bonchev–Trinajstić information content (AvgIpc) is 2.37. The van der Waals surface area contributed by atoms with Crippen molar-refractivity contribution in [3.8, 4) is 0 Å². The number of Topliss-reactive ketones (excluding diaryl/α,β-unsaturated/α-hetero) is 1. The number of benzene rings is 1. The van der Waals surface area contributed by atoms with Gasteiger partial charge in [-0.05, 0) is 26.0 Å². The zero-order valence-corrected chi connectivity index (χ0v) is 11.3. The third-order valence-corrected chi connectivity index (χ3v) is 2.91. The van der Waals surface area contributed by atoms with Crippen LogP contribution in [0, 0.1) is 10.1 Å². The molecule has 7 nitrogen and oxygen atoms in total. The van der Waals surface area contributed by atoms with Gasteiger partial charge in [-0.2, -0.15) is 5.10 Å². The molecule has 7 heteroatoms. The fourth-order valence-corrected chi connectivity index (χ4v) is 1.77. The van der Waals surface area contributed by atoms with E-state index in [1.165, 1.54) is 24.3 Å². The van der Waals surface area contributed by atoms with Crippen molar-refractivity contribution in [1.29, 1.82) is 0 Å². The van der Waals surface area contributed by atoms with Crippen LogP contribution in [0.25, 0.3) is 0 Å². The first-order valence-electron chi connectivity index (χ1n) is 6.11. The predicted molar refractivity (Wildman–Crippen MR) is 73.8 cm³/mol. The van der Waals surface area contributed by atoms with Gasteiger partial charge in [0, 0.05) is 18.6 Å². The van der Waals surface area contributed by atoms with Crippen LogP contribution in [0.1, 0.15) is 20.3 Å². The number of ether oxygens (including phenoxy) is 1. The lowest BCUT2D eigenvalue weighted by atomic mass is 9.96. The Morgan fingerprint density at radius 2 is 2.00 bits per heavy atom. The van der Waals surface area contributed by atoms with E-state index in [9.17, 15) is 14.9 Å². The Morgan fingerprint density at radius 3 is 2.55 bits per heavy atom. The molecule has 0 radical (unpaired) electrons. The first-order chi connectivity index (χ1) is 9.37. The summed E-state index contributed by atoms with van der Waals surface area (Å²) in [4.78, 5) is 21.9. The molecular formula is C13H15N3O4. The van der Waals surface area contributed by atoms with Crippen molar-refractivity contribution in [2.45, 2.75) is 25.9 Å². The summed E-state index contributed by atoms with van der Waals surface area (Å²) < 4.78 is 5.51. The largest absolute Gasteiger partial charge is 0.369 e. The van der Waals surface area contributed by atoms with Crippen molar-refractivity contribution >= 4 is 22.9 Å². The minimum Gasteiger partial charge on any atom is -0.369 e. The lowest BCUT2D eigenvalue weighted by Crippen LogP contribution is -2.40. The topological polar surface area (TPSA) is 93.8 Å². The molecule has 1 aromatic rings. The fraction of sp³-hybridized carbons (Fsp3) is 0.385. The Morgan fingerprint density at radius 1 is 1.35 bits per heavy atom. The van der Waals surface area contributed by atoms with Gasteiger partial charge in [-0.25, -0.2) is 0 Å². The van der Waals surface area contributed by atoms with Gasteiger partial charge >= 0.3 is 0 Å². The van der Waals surface area contributed by atoms with Crippen LogP contribution in [-0.4, -0.2) is 28.6 Å². The molecule has 1 aliphatic rings. The first-order valence-corrected chi connectivity index (χ1v) is 6.11. The fourth-order valence-electron chi connectivity index (χ4n) is 1.77. The molecule has 1 N–H and O–H groups in total. The molecule has 20 heavy (non-hydrogen) atoms. The highest BCUT2D eigenvalue weighted by Crippen LogP contribution is 2.20. The zero-order valence-electron chi connectivity index (χ0n) is 11.3. The van der Waals surface area contributed by atoms with Gasteiger partial charge in [-0.3, -0.25) is 20.3 Å². The molecule has 2 rings (SSSR count). The third kappa shape index (κ3) is 3.39. The standard InChI is InChI=1S/C13H15N3O4/c1-13(2)7-12(17)11(8-20-13)15-14-9-3-5-10(6-4-9)16(18)19/h3-6,14H,7-8H2,1-2H3/b15-11+. The molecule has 0 unspecified atom stereocenters. The van der Waals surface area contributed by atoms with Gasteiger partial charge in [-0.15, -0.1) is 0 Å². The van der Waals surface area contributed by atoms with Gasteiger partial charge in [0.25, 0.3) is 5.69 Å². The molecule has 1 aliphatic heterocycles. The number of carbonyl (C=O) groups is 1. The highest BCUT2D eigenvalue weighted by Gasteiger charge is 2.31. The summed E-state index contributed by atoms with van der Waals surface area (Å²) >= 11 is 0. The van der Waals surface area contributed by atoms with E-state index in [-0.39, 0.29) is 24.5 Å². The van der Waals surface area contributed by atoms with Gasteiger partial charge < -0.3 is 4.74 Å². The molecule has 0 spiro atoms. The van der Waals surface area contributed by atoms with Gasteiger partial charge in [-0.1, -0.05) is 0 Å². The van der Waals surface area contributed by atoms with Gasteiger partial charge in [0.15, 0.2) is 5.78 Å². The highest BCUT2D eigenvalue weighted by molar-refractivity contribution is 6.41. The highest BCUT2D eigenvalue weighted by atomic mass is 16.6. The molecule has 1 fully saturated rings. The Labute approximate surface area is 115 Å². The van der Waals surface area contributed by atoms with Crippen LogP contribution in [0.15, 0.2) is 29.4 Å². The number of non-ortho nitro benzene ring substituents is 1. The summed E-state index contributed by atoms with van der Waals surface area (Å²) in [6.45, 7) is 3.86. The van der Waals surface area contributed by atoms with E-state index >= 15 is 0 Å². The Kier molecular flexibility index (Phi) is 3.80. The number of nitro groups is 1. The number of anilines is 1. The second kappa shape index (κ2) is 5.38. The summed E-state index contributed by atoms with van der Waals surface area (Å²) in [6.07, 6.45) is 0.285. The number of rotatable bonds is 3. The van der Waals surface area contributed by atoms with Crippen molar-refractivity contribution < 1.29 is 14.5 Å². The molecular weight excluding hydrogens is 262 g/mol. The van der Waals surface area contributed by atoms with Crippen LogP contribution in [0.2, 0.25) is 0 Å². The van der Waals surface area contributed by atoms with E-state index in [2.05, 4.69) is 10.5 Å². The van der Waals surface area contributed by atoms with E-state index < -0.39 is 10.5 Å². The van der Waals surface area contributed by atoms with Crippen LogP contribution in [0.5, 0.6) is 0 Å². The van der Waals surface area contributed by atoms with Crippen molar-refractivity contribution in [2.24, 2.45) is 5.10 Å². The SMILES string of the molecule is CC1(C)CC(=O)/C(=N/Nc2ccc([N+](=O)[O-])cc2)CO1. The van der Waals surface area contributed by atoms with Crippen molar-refractivity contribution in [3.63, 3.8) is 0 Å². The molecule has 0 bridgehead atoms. The third-order valence-electron chi connectivity index (χ3n) is 2.91. The monoisotopic (exact) mass is 277 g/mol. The van der Waals surface area contributed by atoms with Crippen LogP contribution in [0.4, 0.5) is 11.4 Å². The number of hydrogen-bond acceptors (Lipinski definition) is 6. The summed E-state index contributed by atoms with van der Waals surface area (Å²) in [7, 11) is 0. The molecule has 1 aromatic carbocycles. The lowest BCUT2D eigenvalue weighted by molar-refractivity contribution is -0.384. The number of ketones is 1. The van der Waals surface area contributed by atoms with Crippen LogP contribution in [-0.2, 0) is 9.53 Å². The summed E-state index contributed by atoms with van der Waals surface area (Å²) in [5.74, 6) is -0.0596. The van der Waals surface area contributed by atoms with Crippen molar-refractivity contribution in [1.82, 2.24) is 0 Å². The minimum atomic E-state index is -0.476. The summed E-state index contributed by atoms with van der Waals surface area (Å²) in [5.41, 5.74) is 3.14. The van der Waals surface area contributed by atoms with E-state index in [1.807, 2.05) is 13.8 Å². The van der Waals surface area contributed by atoms with Crippen LogP contribution in [0.3, 0.4) is 0 Å². The van der Waals surface area contributed by atoms with E-state index in [0.29, 0.717) is 11.4 Å². The van der Waals surface area contributed by atoms with E-state index in [4.69, 9.17) is 4.74 Å². The number of nitrogens with one attached hydrogen (secondary N) is 1. The second-order valence-electron chi connectivity index (χ2n) is 5.12. The van der Waals surface area contributed by atoms with Gasteiger partial charge in [0.05, 0.1) is 22.8 Å². The zero-order chi connectivity index (χ0) is 14.8. The Hall–Kier alpha value is -2.28. The maximum absolute atomic E-state index is 11.8. The predicted octanol–water partition coefficient (Wildman–Crippen LogP) is 2.13. The summed E-state index contributed by atoms with van der Waals surface area (Å²) in [6, 6.07) is 5.79. The van der Waals surface area contributed by atoms with Crippen LogP contribution < -0.4 is 5.43 Å². The maximum Gasteiger partial charge on any atom is 0.269 e. The normalized spacial score (nSPS) is 19.9. The maximum atomic E-state index is 11.8. The molecule has 1 saturated heterocycles. The number of nitro benzene ring substituents is 1. The molecule has 0 aliphatic carbocycles. The number of carbonyl (C=O) groups excluding carboxylic acids is 1. The number of hydrogen-bond donors (Lipinski definition) is 1. The molecule has 0 amide bonds. The average molecular weight is 277 g/mol. The molecule has 0 atom stereocenters. The van der Waals surface area contributed by atoms with E-state index in [0.717, 1.165) is 0 Å². The van der Waals surface area contributed by atoms with Crippen molar-refractivity contribution in [3.05, 3.63) is 34.4 Å². The number of hydrazone groups is 1. The Balaban J connectivity index is 2.02. The molecule has 106 valence electrons. The molecule has 0 aromatic heterocycles. The van der Waals surface area contributed by atoms with Crippen molar-refractivity contribution in [2.75, 3.05) is 12.0 Å². The van der Waals surface area contributed by atoms with Gasteiger partial charge in [0.1, 0.15) is 5.71 Å². The lowest BCUT2D eigenvalue weighted by Gasteiger charge is -2.29. The first kappa shape index (κ1) is 14.1. The van der Waals surface area contributed by atoms with E-state index in [1.54, 1.807) is 0 Å². The number of nitrogens with zero attached hydrogens (tertiary/aromatic N) is 2. The Bertz CT molecular complexity index is 563. The minimum absolute atomic E-state index is 0.00188. The molecule has 0 saturated carbocycles. The quantitative estimate of drug-likeness (QED) is 0.674. The summed E-state index contributed by atoms with van der Waals surface area (Å²) in [5, 5.41) is 14.5. The second-order valence-corrected chi connectivity index (χ2v) is 5.12.